The van der Waals surface area contributed by atoms with Crippen LogP contribution in [0.25, 0.3) is 0 Å². The zero-order valence-electron chi connectivity index (χ0n) is 10.6. The molecule has 0 N–H and O–H groups in total. The number of methoxy groups -OCH3 is 1. The summed E-state index contributed by atoms with van der Waals surface area (Å²) in [6.07, 6.45) is 2.57. The van der Waals surface area contributed by atoms with E-state index in [1.807, 2.05) is 24.3 Å². The molecule has 1 aromatic heterocycles. The number of thiazole rings is 1. The van der Waals surface area contributed by atoms with Gasteiger partial charge in [-0.2, -0.15) is 0 Å². The van der Waals surface area contributed by atoms with Gasteiger partial charge >= 0.3 is 0 Å². The van der Waals surface area contributed by atoms with E-state index in [1.165, 1.54) is 18.5 Å². The van der Waals surface area contributed by atoms with Crippen LogP contribution < -0.4 is 9.54 Å². The molecule has 1 aliphatic rings. The highest BCUT2D eigenvalue weighted by Gasteiger charge is 2.25. The van der Waals surface area contributed by atoms with E-state index < -0.39 is 0 Å². The second-order valence-corrected chi connectivity index (χ2v) is 5.41. The molecule has 94 valence electrons. The summed E-state index contributed by atoms with van der Waals surface area (Å²) >= 11 is 1.71. The van der Waals surface area contributed by atoms with Gasteiger partial charge in [-0.05, 0) is 44.0 Å². The Morgan fingerprint density at radius 3 is 2.61 bits per heavy atom. The van der Waals surface area contributed by atoms with Crippen molar-refractivity contribution in [1.82, 2.24) is 4.57 Å². The zero-order chi connectivity index (χ0) is 12.5. The Hall–Kier alpha value is -1.55. The van der Waals surface area contributed by atoms with Crippen LogP contribution in [0.4, 0.5) is 5.69 Å². The summed E-state index contributed by atoms with van der Waals surface area (Å²) in [6.45, 7) is 2.15. The largest absolute Gasteiger partial charge is 0.497 e. The molecule has 1 heterocycles. The van der Waals surface area contributed by atoms with E-state index in [9.17, 15) is 0 Å². The van der Waals surface area contributed by atoms with Crippen LogP contribution in [0.5, 0.6) is 5.75 Å². The highest BCUT2D eigenvalue weighted by molar-refractivity contribution is 7.07. The lowest BCUT2D eigenvalue weighted by Gasteiger charge is -2.03. The van der Waals surface area contributed by atoms with Crippen molar-refractivity contribution < 1.29 is 4.74 Å². The van der Waals surface area contributed by atoms with Crippen molar-refractivity contribution in [3.63, 3.8) is 0 Å². The first kappa shape index (κ1) is 11.5. The maximum Gasteiger partial charge on any atom is 0.190 e. The van der Waals surface area contributed by atoms with Crippen LogP contribution in [0.15, 0.2) is 34.6 Å². The number of benzene rings is 1. The fourth-order valence-electron chi connectivity index (χ4n) is 2.03. The van der Waals surface area contributed by atoms with Crippen LogP contribution in [0.3, 0.4) is 0 Å². The highest BCUT2D eigenvalue weighted by atomic mass is 32.1. The Bertz CT molecular complexity index is 605. The van der Waals surface area contributed by atoms with Gasteiger partial charge in [0.15, 0.2) is 4.80 Å². The van der Waals surface area contributed by atoms with Crippen molar-refractivity contribution in [1.29, 1.82) is 0 Å². The van der Waals surface area contributed by atoms with Crippen LogP contribution in [-0.4, -0.2) is 11.7 Å². The number of aryl methyl sites for hydroxylation is 1. The molecule has 18 heavy (non-hydrogen) atoms. The molecule has 0 radical (unpaired) electrons. The first-order chi connectivity index (χ1) is 8.78. The van der Waals surface area contributed by atoms with E-state index in [4.69, 9.17) is 9.73 Å². The number of nitrogens with zero attached hydrogens (tertiary/aromatic N) is 2. The van der Waals surface area contributed by atoms with E-state index in [0.717, 1.165) is 16.2 Å². The number of hydrogen-bond donors (Lipinski definition) is 0. The molecule has 0 spiro atoms. The predicted octanol–water partition coefficient (Wildman–Crippen LogP) is 3.43. The molecule has 3 nitrogen and oxygen atoms in total. The van der Waals surface area contributed by atoms with Gasteiger partial charge < -0.3 is 9.30 Å². The average molecular weight is 260 g/mol. The molecule has 1 aliphatic carbocycles. The maximum atomic E-state index is 5.15. The van der Waals surface area contributed by atoms with Gasteiger partial charge in [-0.3, -0.25) is 0 Å². The van der Waals surface area contributed by atoms with E-state index in [0.29, 0.717) is 6.04 Å². The minimum Gasteiger partial charge on any atom is -0.497 e. The molecule has 0 amide bonds. The fraction of sp³-hybridized carbons (Fsp3) is 0.357. The minimum absolute atomic E-state index is 0.674. The van der Waals surface area contributed by atoms with Crippen molar-refractivity contribution in [3.8, 4) is 5.75 Å². The lowest BCUT2D eigenvalue weighted by molar-refractivity contribution is 0.415. The summed E-state index contributed by atoms with van der Waals surface area (Å²) in [7, 11) is 1.68. The van der Waals surface area contributed by atoms with Crippen LogP contribution in [-0.2, 0) is 0 Å². The number of aromatic nitrogens is 1. The topological polar surface area (TPSA) is 26.5 Å². The highest BCUT2D eigenvalue weighted by Crippen LogP contribution is 2.35. The van der Waals surface area contributed by atoms with Crippen LogP contribution in [0.1, 0.15) is 24.6 Å². The molecular formula is C14H16N2OS. The maximum absolute atomic E-state index is 5.15. The number of hydrogen-bond acceptors (Lipinski definition) is 3. The Morgan fingerprint density at radius 2 is 2.00 bits per heavy atom. The van der Waals surface area contributed by atoms with Crippen molar-refractivity contribution in [2.75, 3.05) is 7.11 Å². The molecular weight excluding hydrogens is 244 g/mol. The molecule has 0 saturated heterocycles. The molecule has 0 atom stereocenters. The number of rotatable bonds is 3. The first-order valence-electron chi connectivity index (χ1n) is 6.13. The van der Waals surface area contributed by atoms with Gasteiger partial charge in [-0.25, -0.2) is 4.99 Å². The third-order valence-corrected chi connectivity index (χ3v) is 4.09. The van der Waals surface area contributed by atoms with Crippen LogP contribution >= 0.6 is 11.3 Å². The van der Waals surface area contributed by atoms with Gasteiger partial charge in [-0.1, -0.05) is 0 Å². The molecule has 4 heteroatoms. The van der Waals surface area contributed by atoms with E-state index in [1.54, 1.807) is 18.4 Å². The Kier molecular flexibility index (Phi) is 2.96. The summed E-state index contributed by atoms with van der Waals surface area (Å²) in [6, 6.07) is 8.55. The summed E-state index contributed by atoms with van der Waals surface area (Å²) in [5, 5.41) is 2.18. The van der Waals surface area contributed by atoms with Crippen LogP contribution in [0.2, 0.25) is 0 Å². The Labute approximate surface area is 110 Å². The zero-order valence-corrected chi connectivity index (χ0v) is 11.4. The summed E-state index contributed by atoms with van der Waals surface area (Å²) in [4.78, 5) is 5.82. The van der Waals surface area contributed by atoms with Crippen molar-refractivity contribution >= 4 is 17.0 Å². The Morgan fingerprint density at radius 1 is 1.28 bits per heavy atom. The molecule has 0 aliphatic heterocycles. The van der Waals surface area contributed by atoms with Gasteiger partial charge in [0, 0.05) is 17.1 Å². The van der Waals surface area contributed by atoms with Crippen LogP contribution in [0, 0.1) is 6.92 Å². The summed E-state index contributed by atoms with van der Waals surface area (Å²) < 4.78 is 7.51. The minimum atomic E-state index is 0.674. The summed E-state index contributed by atoms with van der Waals surface area (Å²) in [5.41, 5.74) is 2.29. The molecule has 3 rings (SSSR count). The number of ether oxygens (including phenoxy) is 1. The van der Waals surface area contributed by atoms with Gasteiger partial charge in [0.25, 0.3) is 0 Å². The third kappa shape index (κ3) is 2.20. The normalized spacial score (nSPS) is 16.0. The van der Waals surface area contributed by atoms with Gasteiger partial charge in [-0.15, -0.1) is 11.3 Å². The van der Waals surface area contributed by atoms with Crippen molar-refractivity contribution in [3.05, 3.63) is 40.1 Å². The smallest absolute Gasteiger partial charge is 0.190 e. The van der Waals surface area contributed by atoms with Gasteiger partial charge in [0.2, 0.25) is 0 Å². The second-order valence-electron chi connectivity index (χ2n) is 4.57. The van der Waals surface area contributed by atoms with E-state index in [2.05, 4.69) is 16.9 Å². The fourth-order valence-corrected chi connectivity index (χ4v) is 2.98. The van der Waals surface area contributed by atoms with Crippen molar-refractivity contribution in [2.45, 2.75) is 25.8 Å². The standard InChI is InChI=1S/C14H16N2OS/c1-10-9-18-14(16(10)12-5-6-12)15-11-3-7-13(17-2)8-4-11/h3-4,7-9,12H,5-6H2,1-2H3. The van der Waals surface area contributed by atoms with E-state index in [-0.39, 0.29) is 0 Å². The third-order valence-electron chi connectivity index (χ3n) is 3.13. The second kappa shape index (κ2) is 4.61. The summed E-state index contributed by atoms with van der Waals surface area (Å²) in [5.74, 6) is 0.867. The molecule has 2 aromatic rings. The molecule has 1 fully saturated rings. The predicted molar refractivity (Wildman–Crippen MR) is 73.5 cm³/mol. The van der Waals surface area contributed by atoms with Crippen molar-refractivity contribution in [2.24, 2.45) is 4.99 Å². The average Bonchev–Trinajstić information content (AvgIpc) is 3.16. The lowest BCUT2D eigenvalue weighted by atomic mass is 10.3. The van der Waals surface area contributed by atoms with Gasteiger partial charge in [0.1, 0.15) is 5.75 Å². The molecule has 1 aromatic carbocycles. The molecule has 0 unspecified atom stereocenters. The lowest BCUT2D eigenvalue weighted by Crippen LogP contribution is -2.14. The van der Waals surface area contributed by atoms with Gasteiger partial charge in [0.05, 0.1) is 12.8 Å². The SMILES string of the molecule is COc1ccc(N=c2scc(C)n2C2CC2)cc1. The molecule has 0 bridgehead atoms. The quantitative estimate of drug-likeness (QED) is 0.830. The first-order valence-corrected chi connectivity index (χ1v) is 7.01. The van der Waals surface area contributed by atoms with E-state index >= 15 is 0 Å². The molecule has 1 saturated carbocycles. The monoisotopic (exact) mass is 260 g/mol. The Balaban J connectivity index is 2.00.